The molecule has 0 saturated heterocycles. The van der Waals surface area contributed by atoms with Crippen LogP contribution in [0, 0.1) is 11.3 Å². The van der Waals surface area contributed by atoms with Gasteiger partial charge in [0, 0.05) is 30.6 Å². The van der Waals surface area contributed by atoms with E-state index in [0.29, 0.717) is 28.3 Å². The molecular formula is C21H17N7O2. The van der Waals surface area contributed by atoms with E-state index in [0.717, 1.165) is 11.1 Å². The SMILES string of the molecule is C=CC(=O)Nc1cccc(COc2cc(-c3cnn(C)c3)cn3ncc(C#N)c23)n1. The highest BCUT2D eigenvalue weighted by atomic mass is 16.5. The molecule has 4 aromatic heterocycles. The van der Waals surface area contributed by atoms with Crippen LogP contribution in [0.3, 0.4) is 0 Å². The fourth-order valence-electron chi connectivity index (χ4n) is 2.96. The van der Waals surface area contributed by atoms with Crippen LogP contribution in [0.1, 0.15) is 11.3 Å². The number of ether oxygens (including phenoxy) is 1. The Hall–Kier alpha value is -4.45. The summed E-state index contributed by atoms with van der Waals surface area (Å²) in [7, 11) is 1.84. The van der Waals surface area contributed by atoms with Gasteiger partial charge in [0.25, 0.3) is 0 Å². The first-order valence-corrected chi connectivity index (χ1v) is 9.00. The van der Waals surface area contributed by atoms with Crippen LogP contribution in [0.2, 0.25) is 0 Å². The van der Waals surface area contributed by atoms with Gasteiger partial charge >= 0.3 is 0 Å². The van der Waals surface area contributed by atoms with E-state index in [1.807, 2.05) is 25.5 Å². The Morgan fingerprint density at radius 1 is 1.30 bits per heavy atom. The lowest BCUT2D eigenvalue weighted by atomic mass is 10.1. The highest BCUT2D eigenvalue weighted by Crippen LogP contribution is 2.30. The van der Waals surface area contributed by atoms with Gasteiger partial charge in [-0.25, -0.2) is 9.50 Å². The number of hydrogen-bond acceptors (Lipinski definition) is 6. The molecule has 1 amide bonds. The van der Waals surface area contributed by atoms with Gasteiger partial charge < -0.3 is 10.1 Å². The van der Waals surface area contributed by atoms with E-state index in [1.54, 1.807) is 33.6 Å². The number of rotatable bonds is 6. The predicted molar refractivity (Wildman–Crippen MR) is 110 cm³/mol. The molecule has 0 spiro atoms. The fraction of sp³-hybridized carbons (Fsp3) is 0.0952. The van der Waals surface area contributed by atoms with Crippen molar-refractivity contribution in [1.82, 2.24) is 24.4 Å². The van der Waals surface area contributed by atoms with Crippen molar-refractivity contribution in [2.45, 2.75) is 6.61 Å². The molecule has 0 bridgehead atoms. The van der Waals surface area contributed by atoms with E-state index < -0.39 is 0 Å². The average molecular weight is 399 g/mol. The van der Waals surface area contributed by atoms with Crippen molar-refractivity contribution >= 4 is 17.2 Å². The van der Waals surface area contributed by atoms with E-state index in [-0.39, 0.29) is 12.5 Å². The zero-order valence-corrected chi connectivity index (χ0v) is 16.1. The molecule has 0 radical (unpaired) electrons. The number of carbonyl (C=O) groups is 1. The molecule has 0 saturated carbocycles. The summed E-state index contributed by atoms with van der Waals surface area (Å²) in [4.78, 5) is 15.9. The monoisotopic (exact) mass is 399 g/mol. The van der Waals surface area contributed by atoms with E-state index >= 15 is 0 Å². The highest BCUT2D eigenvalue weighted by Gasteiger charge is 2.14. The first-order chi connectivity index (χ1) is 14.6. The molecule has 30 heavy (non-hydrogen) atoms. The van der Waals surface area contributed by atoms with Crippen molar-refractivity contribution in [2.75, 3.05) is 5.32 Å². The van der Waals surface area contributed by atoms with Crippen molar-refractivity contribution in [3.8, 4) is 22.9 Å². The molecule has 4 aromatic rings. The number of amides is 1. The standard InChI is InChI=1S/C21H17N7O2/c1-3-20(29)26-19-6-4-5-17(25-19)13-30-18-7-14(16-10-23-27(2)11-16)12-28-21(18)15(8-22)9-24-28/h3-7,9-12H,1,13H2,2H3,(H,25,26,29). The van der Waals surface area contributed by atoms with Crippen LogP contribution in [0.15, 0.2) is 61.7 Å². The van der Waals surface area contributed by atoms with Crippen molar-refractivity contribution < 1.29 is 9.53 Å². The second-order valence-electron chi connectivity index (χ2n) is 6.46. The number of aryl methyl sites for hydroxylation is 1. The third-order valence-corrected chi connectivity index (χ3v) is 4.35. The maximum atomic E-state index is 11.5. The summed E-state index contributed by atoms with van der Waals surface area (Å²) in [6.07, 6.45) is 8.12. The van der Waals surface area contributed by atoms with E-state index in [1.165, 1.54) is 12.3 Å². The quantitative estimate of drug-likeness (QED) is 0.499. The summed E-state index contributed by atoms with van der Waals surface area (Å²) < 4.78 is 9.35. The first kappa shape index (κ1) is 18.9. The number of hydrogen-bond donors (Lipinski definition) is 1. The fourth-order valence-corrected chi connectivity index (χ4v) is 2.96. The molecule has 148 valence electrons. The molecule has 1 N–H and O–H groups in total. The Morgan fingerprint density at radius 2 is 2.17 bits per heavy atom. The molecule has 0 atom stereocenters. The third-order valence-electron chi connectivity index (χ3n) is 4.35. The predicted octanol–water partition coefficient (Wildman–Crippen LogP) is 2.70. The summed E-state index contributed by atoms with van der Waals surface area (Å²) in [6, 6.07) is 9.21. The Morgan fingerprint density at radius 3 is 2.90 bits per heavy atom. The lowest BCUT2D eigenvalue weighted by molar-refractivity contribution is -0.111. The summed E-state index contributed by atoms with van der Waals surface area (Å²) in [5.41, 5.74) is 3.33. The van der Waals surface area contributed by atoms with Crippen LogP contribution in [0.5, 0.6) is 5.75 Å². The first-order valence-electron chi connectivity index (χ1n) is 9.00. The molecule has 0 fully saturated rings. The number of carbonyl (C=O) groups excluding carboxylic acids is 1. The van der Waals surface area contributed by atoms with Gasteiger partial charge in [-0.2, -0.15) is 15.5 Å². The summed E-state index contributed by atoms with van der Waals surface area (Å²) in [5.74, 6) is 0.550. The van der Waals surface area contributed by atoms with Crippen LogP contribution in [0.4, 0.5) is 5.82 Å². The van der Waals surface area contributed by atoms with Gasteiger partial charge in [-0.15, -0.1) is 0 Å². The molecule has 0 aliphatic carbocycles. The minimum absolute atomic E-state index is 0.139. The van der Waals surface area contributed by atoms with Crippen LogP contribution in [0.25, 0.3) is 16.6 Å². The Labute approximate surface area is 171 Å². The summed E-state index contributed by atoms with van der Waals surface area (Å²) in [6.45, 7) is 3.56. The molecule has 0 aromatic carbocycles. The van der Waals surface area contributed by atoms with Gasteiger partial charge in [0.2, 0.25) is 5.91 Å². The summed E-state index contributed by atoms with van der Waals surface area (Å²) >= 11 is 0. The van der Waals surface area contributed by atoms with Crippen molar-refractivity contribution in [3.63, 3.8) is 0 Å². The van der Waals surface area contributed by atoms with Gasteiger partial charge in [0.1, 0.15) is 35.3 Å². The van der Waals surface area contributed by atoms with E-state index in [4.69, 9.17) is 4.74 Å². The number of nitrogens with zero attached hydrogens (tertiary/aromatic N) is 6. The van der Waals surface area contributed by atoms with Crippen molar-refractivity contribution in [1.29, 1.82) is 5.26 Å². The third kappa shape index (κ3) is 3.74. The number of fused-ring (bicyclic) bond motifs is 1. The Kier molecular flexibility index (Phi) is 4.97. The zero-order valence-electron chi connectivity index (χ0n) is 16.1. The van der Waals surface area contributed by atoms with Crippen molar-refractivity contribution in [3.05, 3.63) is 73.0 Å². The molecule has 0 aliphatic heterocycles. The number of nitriles is 1. The second kappa shape index (κ2) is 7.89. The lowest BCUT2D eigenvalue weighted by Crippen LogP contribution is -2.10. The van der Waals surface area contributed by atoms with Crippen LogP contribution < -0.4 is 10.1 Å². The van der Waals surface area contributed by atoms with Gasteiger partial charge in [0.05, 0.1) is 18.1 Å². The van der Waals surface area contributed by atoms with Crippen LogP contribution >= 0.6 is 0 Å². The molecule has 0 aliphatic rings. The minimum Gasteiger partial charge on any atom is -0.485 e. The highest BCUT2D eigenvalue weighted by molar-refractivity contribution is 5.98. The van der Waals surface area contributed by atoms with Gasteiger partial charge in [-0.3, -0.25) is 9.48 Å². The maximum absolute atomic E-state index is 11.5. The Balaban J connectivity index is 1.67. The minimum atomic E-state index is -0.343. The molecule has 0 unspecified atom stereocenters. The molecular weight excluding hydrogens is 382 g/mol. The van der Waals surface area contributed by atoms with Gasteiger partial charge in [-0.1, -0.05) is 12.6 Å². The van der Waals surface area contributed by atoms with E-state index in [9.17, 15) is 10.1 Å². The molecule has 4 rings (SSSR count). The number of pyridine rings is 2. The number of nitrogens with one attached hydrogen (secondary N) is 1. The molecule has 9 heteroatoms. The van der Waals surface area contributed by atoms with Gasteiger partial charge in [0.15, 0.2) is 0 Å². The molecule has 4 heterocycles. The second-order valence-corrected chi connectivity index (χ2v) is 6.46. The van der Waals surface area contributed by atoms with Crippen molar-refractivity contribution in [2.24, 2.45) is 7.05 Å². The van der Waals surface area contributed by atoms with Gasteiger partial charge in [-0.05, 0) is 24.3 Å². The lowest BCUT2D eigenvalue weighted by Gasteiger charge is -2.11. The normalized spacial score (nSPS) is 10.5. The zero-order chi connectivity index (χ0) is 21.1. The number of anilines is 1. The molecule has 9 nitrogen and oxygen atoms in total. The Bertz CT molecular complexity index is 1300. The van der Waals surface area contributed by atoms with Crippen LogP contribution in [-0.4, -0.2) is 30.3 Å². The topological polar surface area (TPSA) is 110 Å². The van der Waals surface area contributed by atoms with E-state index in [2.05, 4.69) is 33.1 Å². The van der Waals surface area contributed by atoms with Crippen LogP contribution in [-0.2, 0) is 18.4 Å². The average Bonchev–Trinajstić information content (AvgIpc) is 3.38. The largest absolute Gasteiger partial charge is 0.485 e. The number of aromatic nitrogens is 5. The summed E-state index contributed by atoms with van der Waals surface area (Å²) in [5, 5.41) is 20.5. The maximum Gasteiger partial charge on any atom is 0.248 e. The smallest absolute Gasteiger partial charge is 0.248 e.